The molecule has 0 unspecified atom stereocenters. The zero-order valence-corrected chi connectivity index (χ0v) is 13.6. The maximum atomic E-state index is 5.88. The maximum absolute atomic E-state index is 5.88. The summed E-state index contributed by atoms with van der Waals surface area (Å²) in [6.45, 7) is 11.9. The second kappa shape index (κ2) is 7.55. The minimum absolute atomic E-state index is 0.561. The molecule has 0 spiro atoms. The van der Waals surface area contributed by atoms with Crippen LogP contribution in [0.3, 0.4) is 0 Å². The van der Waals surface area contributed by atoms with Crippen molar-refractivity contribution >= 4 is 0 Å². The molecule has 0 saturated heterocycles. The van der Waals surface area contributed by atoms with Crippen LogP contribution in [0.1, 0.15) is 34.1 Å². The van der Waals surface area contributed by atoms with E-state index in [4.69, 9.17) is 14.2 Å². The number of rotatable bonds is 7. The van der Waals surface area contributed by atoms with Crippen molar-refractivity contribution in [3.63, 3.8) is 0 Å². The van der Waals surface area contributed by atoms with E-state index in [0.717, 1.165) is 30.2 Å². The summed E-state index contributed by atoms with van der Waals surface area (Å²) in [6.07, 6.45) is 1.00. The first-order chi connectivity index (χ1) is 10.1. The molecule has 0 radical (unpaired) electrons. The average Bonchev–Trinajstić information content (AvgIpc) is 2.46. The van der Waals surface area contributed by atoms with Gasteiger partial charge in [-0.2, -0.15) is 0 Å². The monoisotopic (exact) mass is 293 g/mol. The van der Waals surface area contributed by atoms with Crippen LogP contribution in [-0.2, 0) is 0 Å². The van der Waals surface area contributed by atoms with Crippen LogP contribution in [0.15, 0.2) is 18.2 Å². The molecule has 0 atom stereocenters. The number of hydrogen-bond acceptors (Lipinski definition) is 4. The molecule has 1 aromatic carbocycles. The van der Waals surface area contributed by atoms with Gasteiger partial charge in [0.2, 0.25) is 5.75 Å². The van der Waals surface area contributed by atoms with Crippen molar-refractivity contribution in [1.82, 2.24) is 4.90 Å². The van der Waals surface area contributed by atoms with E-state index in [1.54, 1.807) is 0 Å². The van der Waals surface area contributed by atoms with E-state index in [2.05, 4.69) is 32.6 Å². The fraction of sp³-hybridized carbons (Fsp3) is 0.647. The number of ether oxygens (including phenoxy) is 3. The minimum atomic E-state index is 0.561. The smallest absolute Gasteiger partial charge is 0.203 e. The van der Waals surface area contributed by atoms with Gasteiger partial charge in [-0.1, -0.05) is 6.07 Å². The van der Waals surface area contributed by atoms with Gasteiger partial charge < -0.3 is 14.2 Å². The molecule has 0 amide bonds. The molecule has 0 aromatic heterocycles. The Balaban J connectivity index is 1.84. The van der Waals surface area contributed by atoms with Crippen LogP contribution in [0, 0.1) is 0 Å². The summed E-state index contributed by atoms with van der Waals surface area (Å²) in [5.74, 6) is 2.31. The van der Waals surface area contributed by atoms with Gasteiger partial charge in [0.15, 0.2) is 11.5 Å². The lowest BCUT2D eigenvalue weighted by Gasteiger charge is -2.30. The van der Waals surface area contributed by atoms with Crippen molar-refractivity contribution in [2.24, 2.45) is 0 Å². The Kier molecular flexibility index (Phi) is 5.74. The second-order valence-electron chi connectivity index (χ2n) is 5.91. The van der Waals surface area contributed by atoms with E-state index < -0.39 is 0 Å². The molecule has 0 N–H and O–H groups in total. The first-order valence-corrected chi connectivity index (χ1v) is 7.86. The topological polar surface area (TPSA) is 30.9 Å². The Morgan fingerprint density at radius 1 is 1.10 bits per heavy atom. The molecular formula is C17H27NO3. The third-order valence-electron chi connectivity index (χ3n) is 3.67. The molecule has 1 aliphatic heterocycles. The normalized spacial score (nSPS) is 14.0. The Bertz CT molecular complexity index is 438. The zero-order valence-electron chi connectivity index (χ0n) is 13.6. The SMILES string of the molecule is CC(C)N(CCCOc1cccc2c1OCCO2)C(C)C. The van der Waals surface area contributed by atoms with Crippen LogP contribution < -0.4 is 14.2 Å². The zero-order chi connectivity index (χ0) is 15.2. The van der Waals surface area contributed by atoms with E-state index >= 15 is 0 Å². The highest BCUT2D eigenvalue weighted by Gasteiger charge is 2.17. The van der Waals surface area contributed by atoms with Gasteiger partial charge in [-0.15, -0.1) is 0 Å². The molecule has 0 bridgehead atoms. The molecule has 2 rings (SSSR count). The third kappa shape index (κ3) is 4.27. The first-order valence-electron chi connectivity index (χ1n) is 7.86. The molecule has 21 heavy (non-hydrogen) atoms. The third-order valence-corrected chi connectivity index (χ3v) is 3.67. The Morgan fingerprint density at radius 2 is 1.81 bits per heavy atom. The van der Waals surface area contributed by atoms with Crippen molar-refractivity contribution in [3.05, 3.63) is 18.2 Å². The summed E-state index contributed by atoms with van der Waals surface area (Å²) in [4.78, 5) is 2.48. The fourth-order valence-corrected chi connectivity index (χ4v) is 2.70. The molecular weight excluding hydrogens is 266 g/mol. The standard InChI is InChI=1S/C17H27NO3/c1-13(2)18(14(3)4)9-6-10-19-15-7-5-8-16-17(15)21-12-11-20-16/h5,7-8,13-14H,6,9-12H2,1-4H3. The number of nitrogens with zero attached hydrogens (tertiary/aromatic N) is 1. The van der Waals surface area contributed by atoms with Crippen LogP contribution in [-0.4, -0.2) is 43.3 Å². The van der Waals surface area contributed by atoms with Gasteiger partial charge in [0.05, 0.1) is 6.61 Å². The van der Waals surface area contributed by atoms with Gasteiger partial charge in [0.1, 0.15) is 13.2 Å². The van der Waals surface area contributed by atoms with Crippen LogP contribution in [0.2, 0.25) is 0 Å². The summed E-state index contributed by atoms with van der Waals surface area (Å²) < 4.78 is 17.1. The molecule has 1 heterocycles. The molecule has 0 saturated carbocycles. The molecule has 4 nitrogen and oxygen atoms in total. The van der Waals surface area contributed by atoms with Gasteiger partial charge in [0, 0.05) is 18.6 Å². The van der Waals surface area contributed by atoms with E-state index in [1.807, 2.05) is 18.2 Å². The van der Waals surface area contributed by atoms with Gasteiger partial charge in [-0.05, 0) is 46.2 Å². The number of para-hydroxylation sites is 1. The fourth-order valence-electron chi connectivity index (χ4n) is 2.70. The first kappa shape index (κ1) is 16.0. The van der Waals surface area contributed by atoms with Crippen LogP contribution in [0.4, 0.5) is 0 Å². The molecule has 0 aliphatic carbocycles. The lowest BCUT2D eigenvalue weighted by atomic mass is 10.2. The Morgan fingerprint density at radius 3 is 2.52 bits per heavy atom. The highest BCUT2D eigenvalue weighted by Crippen LogP contribution is 2.38. The van der Waals surface area contributed by atoms with Gasteiger partial charge in [-0.3, -0.25) is 4.90 Å². The molecule has 0 fully saturated rings. The van der Waals surface area contributed by atoms with Crippen molar-refractivity contribution in [2.45, 2.75) is 46.2 Å². The number of hydrogen-bond donors (Lipinski definition) is 0. The lowest BCUT2D eigenvalue weighted by molar-refractivity contribution is 0.149. The number of fused-ring (bicyclic) bond motifs is 1. The summed E-state index contributed by atoms with van der Waals surface area (Å²) in [5, 5.41) is 0. The van der Waals surface area contributed by atoms with Crippen LogP contribution in [0.25, 0.3) is 0 Å². The maximum Gasteiger partial charge on any atom is 0.203 e. The second-order valence-corrected chi connectivity index (χ2v) is 5.91. The lowest BCUT2D eigenvalue weighted by Crippen LogP contribution is -2.38. The molecule has 118 valence electrons. The van der Waals surface area contributed by atoms with Crippen molar-refractivity contribution in [1.29, 1.82) is 0 Å². The quantitative estimate of drug-likeness (QED) is 0.721. The van der Waals surface area contributed by atoms with Crippen molar-refractivity contribution < 1.29 is 14.2 Å². The summed E-state index contributed by atoms with van der Waals surface area (Å²) in [7, 11) is 0. The summed E-state index contributed by atoms with van der Waals surface area (Å²) in [5.41, 5.74) is 0. The molecule has 1 aromatic rings. The van der Waals surface area contributed by atoms with Gasteiger partial charge in [0.25, 0.3) is 0 Å². The molecule has 1 aliphatic rings. The van der Waals surface area contributed by atoms with E-state index in [9.17, 15) is 0 Å². The Labute approximate surface area is 128 Å². The molecule has 4 heteroatoms. The Hall–Kier alpha value is -1.42. The predicted octanol–water partition coefficient (Wildman–Crippen LogP) is 3.35. The van der Waals surface area contributed by atoms with Crippen LogP contribution in [0.5, 0.6) is 17.2 Å². The van der Waals surface area contributed by atoms with E-state index in [-0.39, 0.29) is 0 Å². The minimum Gasteiger partial charge on any atom is -0.489 e. The van der Waals surface area contributed by atoms with E-state index in [1.165, 1.54) is 0 Å². The highest BCUT2D eigenvalue weighted by molar-refractivity contribution is 5.51. The van der Waals surface area contributed by atoms with Crippen molar-refractivity contribution in [3.8, 4) is 17.2 Å². The highest BCUT2D eigenvalue weighted by atomic mass is 16.6. The summed E-state index contributed by atoms with van der Waals surface area (Å²) in [6, 6.07) is 6.92. The largest absolute Gasteiger partial charge is 0.489 e. The number of benzene rings is 1. The summed E-state index contributed by atoms with van der Waals surface area (Å²) >= 11 is 0. The van der Waals surface area contributed by atoms with Crippen molar-refractivity contribution in [2.75, 3.05) is 26.4 Å². The average molecular weight is 293 g/mol. The van der Waals surface area contributed by atoms with Gasteiger partial charge >= 0.3 is 0 Å². The predicted molar refractivity (Wildman–Crippen MR) is 84.5 cm³/mol. The van der Waals surface area contributed by atoms with Gasteiger partial charge in [-0.25, -0.2) is 0 Å². The van der Waals surface area contributed by atoms with Crippen LogP contribution >= 0.6 is 0 Å². The van der Waals surface area contributed by atoms with E-state index in [0.29, 0.717) is 31.9 Å².